The molecule has 1 N–H and O–H groups in total. The molecule has 6 heteroatoms. The maximum absolute atomic E-state index is 14.1. The quantitative estimate of drug-likeness (QED) is 0.923. The summed E-state index contributed by atoms with van der Waals surface area (Å²) in [7, 11) is 0. The average molecular weight is 344 g/mol. The molecule has 132 valence electrons. The van der Waals surface area contributed by atoms with Gasteiger partial charge in [-0.1, -0.05) is 0 Å². The summed E-state index contributed by atoms with van der Waals surface area (Å²) in [6, 6.07) is 3.19. The first kappa shape index (κ1) is 16.4. The molecule has 0 radical (unpaired) electrons. The minimum atomic E-state index is -0.464. The van der Waals surface area contributed by atoms with E-state index in [-0.39, 0.29) is 11.1 Å². The highest BCUT2D eigenvalue weighted by Gasteiger charge is 2.39. The summed E-state index contributed by atoms with van der Waals surface area (Å²) in [4.78, 5) is 11.2. The summed E-state index contributed by atoms with van der Waals surface area (Å²) in [6.07, 6.45) is 5.50. The lowest BCUT2D eigenvalue weighted by molar-refractivity contribution is 0.0455. The summed E-state index contributed by atoms with van der Waals surface area (Å²) < 4.78 is 27.8. The van der Waals surface area contributed by atoms with Crippen LogP contribution in [0.1, 0.15) is 25.3 Å². The fourth-order valence-corrected chi connectivity index (χ4v) is 4.10. The minimum Gasteiger partial charge on any atom is -0.350 e. The topological polar surface area (TPSA) is 41.1 Å². The molecule has 4 nitrogen and oxygen atoms in total. The molecule has 25 heavy (non-hydrogen) atoms. The molecule has 3 aliphatic rings. The molecule has 2 bridgehead atoms. The van der Waals surface area contributed by atoms with Crippen molar-refractivity contribution >= 4 is 5.95 Å². The van der Waals surface area contributed by atoms with Crippen molar-refractivity contribution in [2.24, 2.45) is 5.92 Å². The number of hydrogen-bond acceptors (Lipinski definition) is 4. The lowest BCUT2D eigenvalue weighted by Crippen LogP contribution is -2.59. The molecule has 0 unspecified atom stereocenters. The smallest absolute Gasteiger partial charge is 0.222 e. The summed E-state index contributed by atoms with van der Waals surface area (Å²) in [5.41, 5.74) is 0.951. The first-order valence-corrected chi connectivity index (χ1v) is 8.81. The van der Waals surface area contributed by atoms with Gasteiger partial charge in [0.25, 0.3) is 0 Å². The van der Waals surface area contributed by atoms with Crippen molar-refractivity contribution in [3.05, 3.63) is 41.7 Å². The highest BCUT2D eigenvalue weighted by atomic mass is 19.1. The molecule has 4 heterocycles. The minimum absolute atomic E-state index is 0.186. The molecule has 3 saturated heterocycles. The van der Waals surface area contributed by atoms with E-state index in [0.29, 0.717) is 29.5 Å². The molecule has 3 fully saturated rings. The van der Waals surface area contributed by atoms with E-state index in [0.717, 1.165) is 0 Å². The SMILES string of the molecule is Cc1cc(F)c(-c2cnc(N[C@H]3C4CCN(CC4)[C@@H]3C)nc2)cc1F. The molecule has 3 aliphatic heterocycles. The molecule has 0 amide bonds. The van der Waals surface area contributed by atoms with Gasteiger partial charge in [0.15, 0.2) is 0 Å². The maximum atomic E-state index is 14.1. The van der Waals surface area contributed by atoms with E-state index in [4.69, 9.17) is 0 Å². The first-order valence-electron chi connectivity index (χ1n) is 8.81. The zero-order valence-corrected chi connectivity index (χ0v) is 14.5. The van der Waals surface area contributed by atoms with Gasteiger partial charge in [0.05, 0.1) is 0 Å². The van der Waals surface area contributed by atoms with Crippen molar-refractivity contribution in [2.45, 2.75) is 38.8 Å². The number of anilines is 1. The molecule has 2 aromatic rings. The second-order valence-electron chi connectivity index (χ2n) is 7.16. The molecule has 2 atom stereocenters. The monoisotopic (exact) mass is 344 g/mol. The third kappa shape index (κ3) is 2.99. The Balaban J connectivity index is 1.54. The molecule has 1 aromatic carbocycles. The van der Waals surface area contributed by atoms with Crippen LogP contribution in [0.3, 0.4) is 0 Å². The fourth-order valence-electron chi connectivity index (χ4n) is 4.10. The largest absolute Gasteiger partial charge is 0.350 e. The van der Waals surface area contributed by atoms with E-state index in [1.807, 2.05) is 0 Å². The van der Waals surface area contributed by atoms with E-state index in [9.17, 15) is 8.78 Å². The Hall–Kier alpha value is -2.08. The Labute approximate surface area is 146 Å². The number of aromatic nitrogens is 2. The fraction of sp³-hybridized carbons (Fsp3) is 0.474. The second-order valence-corrected chi connectivity index (χ2v) is 7.16. The van der Waals surface area contributed by atoms with Gasteiger partial charge in [0.2, 0.25) is 5.95 Å². The van der Waals surface area contributed by atoms with Crippen molar-refractivity contribution in [3.63, 3.8) is 0 Å². The van der Waals surface area contributed by atoms with Gasteiger partial charge in [-0.3, -0.25) is 4.90 Å². The maximum Gasteiger partial charge on any atom is 0.222 e. The van der Waals surface area contributed by atoms with Gasteiger partial charge in [-0.2, -0.15) is 0 Å². The van der Waals surface area contributed by atoms with Crippen LogP contribution in [-0.4, -0.2) is 40.0 Å². The molecule has 0 saturated carbocycles. The van der Waals surface area contributed by atoms with Crippen LogP contribution in [-0.2, 0) is 0 Å². The van der Waals surface area contributed by atoms with Gasteiger partial charge in [0.1, 0.15) is 11.6 Å². The van der Waals surface area contributed by atoms with Crippen molar-refractivity contribution in [1.82, 2.24) is 14.9 Å². The normalized spacial score (nSPS) is 28.2. The summed E-state index contributed by atoms with van der Waals surface area (Å²) >= 11 is 0. The number of fused-ring (bicyclic) bond motifs is 3. The Morgan fingerprint density at radius 1 is 1.08 bits per heavy atom. The van der Waals surface area contributed by atoms with Crippen LogP contribution in [0.4, 0.5) is 14.7 Å². The number of halogens is 2. The molecule has 5 rings (SSSR count). The predicted molar refractivity (Wildman–Crippen MR) is 93.3 cm³/mol. The zero-order valence-electron chi connectivity index (χ0n) is 14.5. The van der Waals surface area contributed by atoms with E-state index < -0.39 is 11.6 Å². The van der Waals surface area contributed by atoms with Gasteiger partial charge in [0, 0.05) is 35.6 Å². The van der Waals surface area contributed by atoms with Gasteiger partial charge in [-0.15, -0.1) is 0 Å². The van der Waals surface area contributed by atoms with Crippen molar-refractivity contribution in [1.29, 1.82) is 0 Å². The van der Waals surface area contributed by atoms with Crippen molar-refractivity contribution in [3.8, 4) is 11.1 Å². The van der Waals surface area contributed by atoms with E-state index in [2.05, 4.69) is 27.1 Å². The van der Waals surface area contributed by atoms with Gasteiger partial charge in [-0.25, -0.2) is 18.7 Å². The number of nitrogens with zero attached hydrogens (tertiary/aromatic N) is 3. The van der Waals surface area contributed by atoms with Crippen LogP contribution in [0.2, 0.25) is 0 Å². The summed E-state index contributed by atoms with van der Waals surface area (Å²) in [5, 5.41) is 3.44. The van der Waals surface area contributed by atoms with Crippen LogP contribution < -0.4 is 5.32 Å². The molecular weight excluding hydrogens is 322 g/mol. The van der Waals surface area contributed by atoms with Gasteiger partial charge in [-0.05, 0) is 63.4 Å². The van der Waals surface area contributed by atoms with E-state index >= 15 is 0 Å². The summed E-state index contributed by atoms with van der Waals surface area (Å²) in [6.45, 7) is 6.12. The predicted octanol–water partition coefficient (Wildman–Crippen LogP) is 3.62. The number of piperidine rings is 3. The second kappa shape index (κ2) is 6.33. The Morgan fingerprint density at radius 2 is 1.76 bits per heavy atom. The van der Waals surface area contributed by atoms with E-state index in [1.165, 1.54) is 38.1 Å². The van der Waals surface area contributed by atoms with Gasteiger partial charge >= 0.3 is 0 Å². The Kier molecular flexibility index (Phi) is 4.15. The molecule has 1 aromatic heterocycles. The van der Waals surface area contributed by atoms with Gasteiger partial charge < -0.3 is 5.32 Å². The first-order chi connectivity index (χ1) is 12.0. The van der Waals surface area contributed by atoms with E-state index in [1.54, 1.807) is 19.3 Å². The Morgan fingerprint density at radius 3 is 2.40 bits per heavy atom. The third-order valence-corrected chi connectivity index (χ3v) is 5.68. The highest BCUT2D eigenvalue weighted by Crippen LogP contribution is 2.33. The van der Waals surface area contributed by atoms with Crippen LogP contribution in [0.5, 0.6) is 0 Å². The van der Waals surface area contributed by atoms with Crippen LogP contribution in [0.25, 0.3) is 11.1 Å². The third-order valence-electron chi connectivity index (χ3n) is 5.68. The average Bonchev–Trinajstić information content (AvgIpc) is 2.62. The number of hydrogen-bond donors (Lipinski definition) is 1. The number of nitrogens with one attached hydrogen (secondary N) is 1. The summed E-state index contributed by atoms with van der Waals surface area (Å²) in [5.74, 6) is 0.295. The lowest BCUT2D eigenvalue weighted by Gasteiger charge is -2.49. The van der Waals surface area contributed by atoms with Crippen molar-refractivity contribution in [2.75, 3.05) is 18.4 Å². The number of rotatable bonds is 3. The standard InChI is InChI=1S/C19H22F2N4/c1-11-7-17(21)15(8-16(11)20)14-9-22-19(23-10-14)24-18-12(2)25-5-3-13(18)4-6-25/h7-10,12-13,18H,3-6H2,1-2H3,(H,22,23,24)/t12-,18-/m1/s1. The van der Waals surface area contributed by atoms with Crippen LogP contribution >= 0.6 is 0 Å². The number of aryl methyl sites for hydroxylation is 1. The molecule has 0 aliphatic carbocycles. The lowest BCUT2D eigenvalue weighted by atomic mass is 9.79. The van der Waals surface area contributed by atoms with Crippen LogP contribution in [0, 0.1) is 24.5 Å². The Bertz CT molecular complexity index is 768. The zero-order chi connectivity index (χ0) is 17.6. The molecule has 0 spiro atoms. The highest BCUT2D eigenvalue weighted by molar-refractivity contribution is 5.63. The number of benzene rings is 1. The van der Waals surface area contributed by atoms with Crippen molar-refractivity contribution < 1.29 is 8.78 Å². The molecular formula is C19H22F2N4. The van der Waals surface area contributed by atoms with Crippen LogP contribution in [0.15, 0.2) is 24.5 Å².